The van der Waals surface area contributed by atoms with Gasteiger partial charge in [-0.25, -0.2) is 4.57 Å². The number of aliphatic hydroxyl groups excluding tert-OH is 3. The molecule has 0 heterocycles. The van der Waals surface area contributed by atoms with Gasteiger partial charge in [0, 0.05) is 12.8 Å². The van der Waals surface area contributed by atoms with Crippen molar-refractivity contribution in [2.75, 3.05) is 26.4 Å². The van der Waals surface area contributed by atoms with E-state index in [0.717, 1.165) is 64.2 Å². The van der Waals surface area contributed by atoms with Crippen LogP contribution in [0.3, 0.4) is 0 Å². The van der Waals surface area contributed by atoms with Gasteiger partial charge < -0.3 is 29.7 Å². The van der Waals surface area contributed by atoms with Gasteiger partial charge in [0.1, 0.15) is 12.7 Å². The van der Waals surface area contributed by atoms with E-state index >= 15 is 0 Å². The number of phosphoric acid groups is 1. The Labute approximate surface area is 337 Å². The molecule has 4 atom stereocenters. The highest BCUT2D eigenvalue weighted by atomic mass is 31.2. The lowest BCUT2D eigenvalue weighted by Crippen LogP contribution is -2.29. The van der Waals surface area contributed by atoms with Gasteiger partial charge >= 0.3 is 19.8 Å². The molecule has 0 aliphatic carbocycles. The molecule has 0 amide bonds. The van der Waals surface area contributed by atoms with Gasteiger partial charge in [0.05, 0.1) is 25.9 Å². The first-order chi connectivity index (χ1) is 27.1. The van der Waals surface area contributed by atoms with Crippen molar-refractivity contribution in [3.8, 4) is 0 Å². The standard InChI is InChI=1S/C44H73O11P/c1-3-5-7-8-9-10-11-12-13-14-15-16-17-20-24-27-31-35-44(49)55-42(39-54-56(50,51)53-37-41(47)36-45)38-52-43(48)34-30-26-23-21-18-19-22-25-29-33-40(46)32-28-6-4-2/h6,9-10,12-13,15-16,20,22,24-25,28-29,33,40-42,45-47H,3-5,7-8,11,14,17-19,21,23,26-27,30-32,34-39H2,1-2H3,(H,50,51)/b10-9-,13-12-,16-15-,24-20-,25-22+,28-6+,33-29+/t40?,41-,42+/m0/s1. The molecular weight excluding hydrogens is 735 g/mol. The third-order valence-electron chi connectivity index (χ3n) is 8.11. The van der Waals surface area contributed by atoms with Crippen LogP contribution >= 0.6 is 7.82 Å². The largest absolute Gasteiger partial charge is 0.472 e. The molecule has 320 valence electrons. The Morgan fingerprint density at radius 3 is 1.86 bits per heavy atom. The summed E-state index contributed by atoms with van der Waals surface area (Å²) in [5.41, 5.74) is 0. The number of ether oxygens (including phenoxy) is 2. The average molecular weight is 809 g/mol. The van der Waals surface area contributed by atoms with Gasteiger partial charge in [-0.15, -0.1) is 0 Å². The molecule has 0 aliphatic heterocycles. The first-order valence-corrected chi connectivity index (χ1v) is 22.1. The Balaban J connectivity index is 4.51. The van der Waals surface area contributed by atoms with Crippen molar-refractivity contribution < 1.29 is 52.9 Å². The third-order valence-corrected chi connectivity index (χ3v) is 9.06. The molecule has 0 aliphatic rings. The fraction of sp³-hybridized carbons (Fsp3) is 0.636. The summed E-state index contributed by atoms with van der Waals surface area (Å²) in [6.45, 7) is 2.01. The molecular formula is C44H73O11P. The quantitative estimate of drug-likeness (QED) is 0.0155. The molecule has 0 fully saturated rings. The third kappa shape index (κ3) is 38.0. The van der Waals surface area contributed by atoms with Crippen molar-refractivity contribution in [1.82, 2.24) is 0 Å². The van der Waals surface area contributed by atoms with Crippen LogP contribution in [0.2, 0.25) is 0 Å². The number of carbonyl (C=O) groups excluding carboxylic acids is 2. The zero-order valence-corrected chi connectivity index (χ0v) is 35.1. The molecule has 0 aromatic rings. The summed E-state index contributed by atoms with van der Waals surface area (Å²) in [7, 11) is -4.65. The fourth-order valence-corrected chi connectivity index (χ4v) is 5.69. The van der Waals surface area contributed by atoms with Crippen molar-refractivity contribution in [2.45, 2.75) is 154 Å². The van der Waals surface area contributed by atoms with E-state index in [9.17, 15) is 29.3 Å². The highest BCUT2D eigenvalue weighted by molar-refractivity contribution is 7.47. The molecule has 0 bridgehead atoms. The summed E-state index contributed by atoms with van der Waals surface area (Å²) in [5, 5.41) is 28.2. The number of carbonyl (C=O) groups is 2. The van der Waals surface area contributed by atoms with Crippen molar-refractivity contribution in [1.29, 1.82) is 0 Å². The number of hydrogen-bond donors (Lipinski definition) is 4. The maximum Gasteiger partial charge on any atom is 0.472 e. The van der Waals surface area contributed by atoms with Crippen LogP contribution in [0.5, 0.6) is 0 Å². The molecule has 0 saturated heterocycles. The Kier molecular flexibility index (Phi) is 36.9. The van der Waals surface area contributed by atoms with Gasteiger partial charge in [0.15, 0.2) is 6.10 Å². The molecule has 0 aromatic carbocycles. The Hall–Kier alpha value is -2.89. The van der Waals surface area contributed by atoms with Crippen molar-refractivity contribution in [2.24, 2.45) is 0 Å². The van der Waals surface area contributed by atoms with Crippen LogP contribution in [0.25, 0.3) is 0 Å². The number of hydrogen-bond acceptors (Lipinski definition) is 10. The number of unbranched alkanes of at least 4 members (excludes halogenated alkanes) is 9. The molecule has 0 rings (SSSR count). The normalized spacial score (nSPS) is 15.3. The maximum atomic E-state index is 12.6. The minimum Gasteiger partial charge on any atom is -0.462 e. The van der Waals surface area contributed by atoms with Crippen molar-refractivity contribution >= 4 is 19.8 Å². The van der Waals surface area contributed by atoms with Crippen LogP contribution in [0, 0.1) is 0 Å². The summed E-state index contributed by atoms with van der Waals surface area (Å²) in [4.78, 5) is 34.9. The van der Waals surface area contributed by atoms with Crippen LogP contribution in [0.15, 0.2) is 85.1 Å². The molecule has 4 N–H and O–H groups in total. The van der Waals surface area contributed by atoms with Crippen LogP contribution in [-0.2, 0) is 32.7 Å². The highest BCUT2D eigenvalue weighted by Gasteiger charge is 2.27. The molecule has 0 saturated carbocycles. The van der Waals surface area contributed by atoms with E-state index in [1.54, 1.807) is 6.08 Å². The van der Waals surface area contributed by atoms with Gasteiger partial charge in [-0.05, 0) is 77.0 Å². The lowest BCUT2D eigenvalue weighted by Gasteiger charge is -2.20. The van der Waals surface area contributed by atoms with E-state index in [0.29, 0.717) is 25.7 Å². The van der Waals surface area contributed by atoms with E-state index in [-0.39, 0.29) is 19.4 Å². The minimum atomic E-state index is -4.65. The first-order valence-electron chi connectivity index (χ1n) is 20.7. The second kappa shape index (κ2) is 39.0. The summed E-state index contributed by atoms with van der Waals surface area (Å²) in [6, 6.07) is 0. The fourth-order valence-electron chi connectivity index (χ4n) is 4.90. The van der Waals surface area contributed by atoms with E-state index in [2.05, 4.69) is 60.9 Å². The molecule has 0 radical (unpaired) electrons. The zero-order valence-electron chi connectivity index (χ0n) is 34.2. The van der Waals surface area contributed by atoms with E-state index in [1.807, 2.05) is 36.5 Å². The van der Waals surface area contributed by atoms with Crippen LogP contribution in [0.4, 0.5) is 0 Å². The topological polar surface area (TPSA) is 169 Å². The second-order valence-corrected chi connectivity index (χ2v) is 14.9. The first kappa shape index (κ1) is 53.1. The lowest BCUT2D eigenvalue weighted by atomic mass is 10.1. The Morgan fingerprint density at radius 1 is 0.625 bits per heavy atom. The SMILES string of the molecule is CC/C=C/CC(O)/C=C/C=C/CCCCCCCC(=O)OC[C@H](COP(=O)(O)OC[C@@H](O)CO)OC(=O)CCC/C=C\C/C=C\C/C=C\C/C=C\CCCCC. The molecule has 0 aromatic heterocycles. The molecule has 0 spiro atoms. The van der Waals surface area contributed by atoms with E-state index < -0.39 is 57.9 Å². The highest BCUT2D eigenvalue weighted by Crippen LogP contribution is 2.43. The van der Waals surface area contributed by atoms with E-state index in [1.165, 1.54) is 19.3 Å². The van der Waals surface area contributed by atoms with E-state index in [4.69, 9.17) is 19.1 Å². The number of allylic oxidation sites excluding steroid dienone is 12. The van der Waals surface area contributed by atoms with Gasteiger partial charge in [0.25, 0.3) is 0 Å². The minimum absolute atomic E-state index is 0.0883. The smallest absolute Gasteiger partial charge is 0.462 e. The maximum absolute atomic E-state index is 12.6. The van der Waals surface area contributed by atoms with Gasteiger partial charge in [-0.1, -0.05) is 131 Å². The summed E-state index contributed by atoms with van der Waals surface area (Å²) < 4.78 is 32.6. The molecule has 12 heteroatoms. The van der Waals surface area contributed by atoms with Gasteiger partial charge in [-0.2, -0.15) is 0 Å². The summed E-state index contributed by atoms with van der Waals surface area (Å²) in [6.07, 6.45) is 41.7. The lowest BCUT2D eigenvalue weighted by molar-refractivity contribution is -0.161. The van der Waals surface area contributed by atoms with Crippen LogP contribution < -0.4 is 0 Å². The van der Waals surface area contributed by atoms with Crippen LogP contribution in [0.1, 0.15) is 136 Å². The van der Waals surface area contributed by atoms with Crippen molar-refractivity contribution in [3.05, 3.63) is 85.1 Å². The molecule has 56 heavy (non-hydrogen) atoms. The number of phosphoric ester groups is 1. The second-order valence-electron chi connectivity index (χ2n) is 13.5. The number of esters is 2. The van der Waals surface area contributed by atoms with Crippen LogP contribution in [-0.4, -0.2) is 76.9 Å². The molecule has 2 unspecified atom stereocenters. The Bertz CT molecular complexity index is 1220. The van der Waals surface area contributed by atoms with Gasteiger partial charge in [-0.3, -0.25) is 18.6 Å². The summed E-state index contributed by atoms with van der Waals surface area (Å²) >= 11 is 0. The monoisotopic (exact) mass is 808 g/mol. The van der Waals surface area contributed by atoms with Gasteiger partial charge in [0.2, 0.25) is 0 Å². The van der Waals surface area contributed by atoms with Crippen molar-refractivity contribution in [3.63, 3.8) is 0 Å². The zero-order chi connectivity index (χ0) is 41.4. The predicted molar refractivity (Wildman–Crippen MR) is 225 cm³/mol. The molecule has 11 nitrogen and oxygen atoms in total. The average Bonchev–Trinajstić information content (AvgIpc) is 3.18. The predicted octanol–water partition coefficient (Wildman–Crippen LogP) is 9.63. The summed E-state index contributed by atoms with van der Waals surface area (Å²) in [5.74, 6) is -1.05. The number of aliphatic hydroxyl groups is 3. The Morgan fingerprint density at radius 2 is 1.20 bits per heavy atom. The number of rotatable bonds is 37.